The van der Waals surface area contributed by atoms with Crippen LogP contribution in [0.1, 0.15) is 46.5 Å². The van der Waals surface area contributed by atoms with Crippen LogP contribution in [0, 0.1) is 5.92 Å². The van der Waals surface area contributed by atoms with Crippen LogP contribution in [0.15, 0.2) is 0 Å². The summed E-state index contributed by atoms with van der Waals surface area (Å²) in [5.74, 6) is 0.644. The van der Waals surface area contributed by atoms with E-state index in [1.165, 1.54) is 0 Å². The highest BCUT2D eigenvalue weighted by molar-refractivity contribution is 5.76. The zero-order valence-corrected chi connectivity index (χ0v) is 9.68. The van der Waals surface area contributed by atoms with Gasteiger partial charge in [-0.3, -0.25) is 4.79 Å². The average Bonchev–Trinajstić information content (AvgIpc) is 2.16. The normalized spacial score (nSPS) is 14.9. The van der Waals surface area contributed by atoms with Crippen molar-refractivity contribution >= 4 is 5.91 Å². The first-order chi connectivity index (χ1) is 6.63. The summed E-state index contributed by atoms with van der Waals surface area (Å²) in [6, 6.07) is 0.261. The third kappa shape index (κ3) is 5.97. The molecule has 0 saturated carbocycles. The number of carbonyl (C=O) groups excluding carboxylic acids is 1. The molecule has 14 heavy (non-hydrogen) atoms. The molecule has 0 rings (SSSR count). The minimum atomic E-state index is 0.166. The molecule has 0 heterocycles. The number of carbonyl (C=O) groups is 1. The Labute approximate surface area is 87.4 Å². The average molecular weight is 200 g/mol. The number of rotatable bonds is 7. The first-order valence-electron chi connectivity index (χ1n) is 5.63. The summed E-state index contributed by atoms with van der Waals surface area (Å²) < 4.78 is 0. The highest BCUT2D eigenvalue weighted by Crippen LogP contribution is 2.06. The van der Waals surface area contributed by atoms with Gasteiger partial charge in [0.05, 0.1) is 0 Å². The predicted octanol–water partition coefficient (Wildman–Crippen LogP) is 1.67. The number of hydrogen-bond donors (Lipinski definition) is 2. The molecule has 0 aromatic carbocycles. The molecule has 2 unspecified atom stereocenters. The fourth-order valence-corrected chi connectivity index (χ4v) is 1.33. The largest absolute Gasteiger partial charge is 0.353 e. The lowest BCUT2D eigenvalue weighted by atomic mass is 10.0. The van der Waals surface area contributed by atoms with Crippen molar-refractivity contribution in [3.63, 3.8) is 0 Å². The summed E-state index contributed by atoms with van der Waals surface area (Å²) in [5, 5.41) is 3.01. The topological polar surface area (TPSA) is 55.1 Å². The van der Waals surface area contributed by atoms with Crippen molar-refractivity contribution in [3.8, 4) is 0 Å². The Morgan fingerprint density at radius 2 is 2.00 bits per heavy atom. The Kier molecular flexibility index (Phi) is 7.48. The SMILES string of the molecule is CCC(C)CC(=O)NC(CC)CCN. The summed E-state index contributed by atoms with van der Waals surface area (Å²) in [6.45, 7) is 6.92. The van der Waals surface area contributed by atoms with Crippen LogP contribution in [0.2, 0.25) is 0 Å². The molecule has 0 aromatic rings. The summed E-state index contributed by atoms with van der Waals surface area (Å²) in [7, 11) is 0. The van der Waals surface area contributed by atoms with Crippen molar-refractivity contribution in [2.75, 3.05) is 6.54 Å². The van der Waals surface area contributed by atoms with Crippen LogP contribution in [-0.4, -0.2) is 18.5 Å². The fraction of sp³-hybridized carbons (Fsp3) is 0.909. The molecule has 2 atom stereocenters. The maximum atomic E-state index is 11.5. The quantitative estimate of drug-likeness (QED) is 0.657. The van der Waals surface area contributed by atoms with Gasteiger partial charge in [0, 0.05) is 12.5 Å². The van der Waals surface area contributed by atoms with E-state index < -0.39 is 0 Å². The van der Waals surface area contributed by atoms with Crippen LogP contribution >= 0.6 is 0 Å². The van der Waals surface area contributed by atoms with Gasteiger partial charge in [-0.2, -0.15) is 0 Å². The van der Waals surface area contributed by atoms with Gasteiger partial charge < -0.3 is 11.1 Å². The summed E-state index contributed by atoms with van der Waals surface area (Å²) in [6.07, 6.45) is 3.53. The molecule has 3 nitrogen and oxygen atoms in total. The molecule has 0 aromatic heterocycles. The van der Waals surface area contributed by atoms with E-state index in [0.29, 0.717) is 18.9 Å². The van der Waals surface area contributed by atoms with Gasteiger partial charge in [-0.1, -0.05) is 27.2 Å². The van der Waals surface area contributed by atoms with Crippen molar-refractivity contribution in [1.29, 1.82) is 0 Å². The van der Waals surface area contributed by atoms with Crippen LogP contribution in [0.3, 0.4) is 0 Å². The highest BCUT2D eigenvalue weighted by Gasteiger charge is 2.11. The molecule has 0 saturated heterocycles. The lowest BCUT2D eigenvalue weighted by molar-refractivity contribution is -0.122. The number of hydrogen-bond acceptors (Lipinski definition) is 2. The third-order valence-corrected chi connectivity index (χ3v) is 2.60. The molecule has 0 bridgehead atoms. The van der Waals surface area contributed by atoms with Crippen LogP contribution in [0.25, 0.3) is 0 Å². The lowest BCUT2D eigenvalue weighted by Gasteiger charge is -2.17. The molecule has 0 radical (unpaired) electrons. The second-order valence-electron chi connectivity index (χ2n) is 3.97. The summed E-state index contributed by atoms with van der Waals surface area (Å²) in [4.78, 5) is 11.5. The van der Waals surface area contributed by atoms with Crippen LogP contribution in [0.5, 0.6) is 0 Å². The van der Waals surface area contributed by atoms with Crippen molar-refractivity contribution in [2.24, 2.45) is 11.7 Å². The fourth-order valence-electron chi connectivity index (χ4n) is 1.33. The molecule has 3 N–H and O–H groups in total. The summed E-state index contributed by atoms with van der Waals surface area (Å²) >= 11 is 0. The highest BCUT2D eigenvalue weighted by atomic mass is 16.1. The van der Waals surface area contributed by atoms with E-state index in [1.54, 1.807) is 0 Å². The number of nitrogens with two attached hydrogens (primary N) is 1. The third-order valence-electron chi connectivity index (χ3n) is 2.60. The van der Waals surface area contributed by atoms with Crippen LogP contribution in [-0.2, 0) is 4.79 Å². The van der Waals surface area contributed by atoms with E-state index in [4.69, 9.17) is 5.73 Å². The van der Waals surface area contributed by atoms with Crippen LogP contribution < -0.4 is 11.1 Å². The van der Waals surface area contributed by atoms with E-state index in [2.05, 4.69) is 26.1 Å². The van der Waals surface area contributed by atoms with Gasteiger partial charge >= 0.3 is 0 Å². The molecular formula is C11H24N2O. The first-order valence-corrected chi connectivity index (χ1v) is 5.63. The van der Waals surface area contributed by atoms with Gasteiger partial charge in [0.1, 0.15) is 0 Å². The van der Waals surface area contributed by atoms with E-state index in [0.717, 1.165) is 19.3 Å². The number of nitrogens with one attached hydrogen (secondary N) is 1. The van der Waals surface area contributed by atoms with Gasteiger partial charge in [0.2, 0.25) is 5.91 Å². The van der Waals surface area contributed by atoms with Crippen molar-refractivity contribution < 1.29 is 4.79 Å². The molecule has 0 aliphatic heterocycles. The molecule has 0 aliphatic rings. The summed E-state index contributed by atoms with van der Waals surface area (Å²) in [5.41, 5.74) is 5.46. The molecule has 3 heteroatoms. The molecular weight excluding hydrogens is 176 g/mol. The second kappa shape index (κ2) is 7.80. The minimum Gasteiger partial charge on any atom is -0.353 e. The predicted molar refractivity (Wildman–Crippen MR) is 60.0 cm³/mol. The van der Waals surface area contributed by atoms with Crippen molar-refractivity contribution in [1.82, 2.24) is 5.32 Å². The molecule has 0 aliphatic carbocycles. The van der Waals surface area contributed by atoms with Gasteiger partial charge in [0.25, 0.3) is 0 Å². The first kappa shape index (κ1) is 13.4. The Morgan fingerprint density at radius 3 is 2.43 bits per heavy atom. The van der Waals surface area contributed by atoms with Crippen LogP contribution in [0.4, 0.5) is 0 Å². The van der Waals surface area contributed by atoms with Crippen molar-refractivity contribution in [3.05, 3.63) is 0 Å². The zero-order valence-electron chi connectivity index (χ0n) is 9.68. The monoisotopic (exact) mass is 200 g/mol. The Hall–Kier alpha value is -0.570. The minimum absolute atomic E-state index is 0.166. The van der Waals surface area contributed by atoms with Crippen molar-refractivity contribution in [2.45, 2.75) is 52.5 Å². The van der Waals surface area contributed by atoms with Gasteiger partial charge in [-0.15, -0.1) is 0 Å². The molecule has 1 amide bonds. The molecule has 0 fully saturated rings. The smallest absolute Gasteiger partial charge is 0.220 e. The van der Waals surface area contributed by atoms with E-state index in [1.807, 2.05) is 0 Å². The lowest BCUT2D eigenvalue weighted by Crippen LogP contribution is -2.36. The van der Waals surface area contributed by atoms with E-state index in [-0.39, 0.29) is 11.9 Å². The Balaban J connectivity index is 3.78. The number of amides is 1. The Morgan fingerprint density at radius 1 is 1.36 bits per heavy atom. The molecule has 0 spiro atoms. The van der Waals surface area contributed by atoms with E-state index in [9.17, 15) is 4.79 Å². The Bertz CT molecular complexity index is 159. The van der Waals surface area contributed by atoms with Gasteiger partial charge in [-0.05, 0) is 25.3 Å². The molecule has 84 valence electrons. The maximum Gasteiger partial charge on any atom is 0.220 e. The van der Waals surface area contributed by atoms with Gasteiger partial charge in [-0.25, -0.2) is 0 Å². The second-order valence-corrected chi connectivity index (χ2v) is 3.97. The zero-order chi connectivity index (χ0) is 11.0. The standard InChI is InChI=1S/C11H24N2O/c1-4-9(3)8-11(14)13-10(5-2)6-7-12/h9-10H,4-8,12H2,1-3H3,(H,13,14). The maximum absolute atomic E-state index is 11.5. The van der Waals surface area contributed by atoms with E-state index >= 15 is 0 Å². The van der Waals surface area contributed by atoms with Gasteiger partial charge in [0.15, 0.2) is 0 Å².